The lowest BCUT2D eigenvalue weighted by Gasteiger charge is -2.30. The maximum absolute atomic E-state index is 4.73. The zero-order valence-corrected chi connectivity index (χ0v) is 12.5. The van der Waals surface area contributed by atoms with Gasteiger partial charge in [0.05, 0.1) is 5.69 Å². The van der Waals surface area contributed by atoms with E-state index in [0.29, 0.717) is 6.04 Å². The van der Waals surface area contributed by atoms with Gasteiger partial charge in [0.15, 0.2) is 4.96 Å². The first kappa shape index (κ1) is 13.1. The molecule has 3 rings (SSSR count). The van der Waals surface area contributed by atoms with E-state index in [1.165, 1.54) is 37.8 Å². The fraction of sp³-hybridized carbons (Fsp3) is 0.667. The molecule has 0 radical (unpaired) electrons. The molecule has 0 spiro atoms. The molecule has 1 atom stereocenters. The van der Waals surface area contributed by atoms with Crippen molar-refractivity contribution in [2.24, 2.45) is 5.92 Å². The third kappa shape index (κ3) is 3.00. The summed E-state index contributed by atoms with van der Waals surface area (Å²) in [6, 6.07) is 0.606. The van der Waals surface area contributed by atoms with E-state index in [4.69, 9.17) is 4.98 Å². The van der Waals surface area contributed by atoms with Gasteiger partial charge < -0.3 is 5.32 Å². The molecule has 1 saturated carbocycles. The third-order valence-electron chi connectivity index (χ3n) is 4.26. The second-order valence-corrected chi connectivity index (χ2v) is 6.46. The second-order valence-electron chi connectivity index (χ2n) is 5.59. The minimum absolute atomic E-state index is 0.606. The van der Waals surface area contributed by atoms with Gasteiger partial charge in [-0.25, -0.2) is 4.98 Å². The molecule has 104 valence electrons. The Hall–Kier alpha value is -0.870. The average Bonchev–Trinajstić information content (AvgIpc) is 3.00. The molecule has 0 aromatic carbocycles. The minimum atomic E-state index is 0.606. The Morgan fingerprint density at radius 3 is 3.00 bits per heavy atom. The van der Waals surface area contributed by atoms with Crippen LogP contribution in [0.3, 0.4) is 0 Å². The van der Waals surface area contributed by atoms with Crippen LogP contribution in [0.1, 0.15) is 44.7 Å². The van der Waals surface area contributed by atoms with Gasteiger partial charge in [-0.1, -0.05) is 26.2 Å². The van der Waals surface area contributed by atoms with Crippen LogP contribution in [0.5, 0.6) is 0 Å². The lowest BCUT2D eigenvalue weighted by Crippen LogP contribution is -2.39. The normalized spacial score (nSPS) is 19.0. The summed E-state index contributed by atoms with van der Waals surface area (Å²) in [6.07, 6.45) is 12.4. The highest BCUT2D eigenvalue weighted by Crippen LogP contribution is 2.28. The number of nitrogens with one attached hydrogen (secondary N) is 1. The molecule has 2 aromatic rings. The van der Waals surface area contributed by atoms with Crippen LogP contribution in [0.4, 0.5) is 0 Å². The highest BCUT2D eigenvalue weighted by atomic mass is 32.1. The van der Waals surface area contributed by atoms with E-state index in [-0.39, 0.29) is 0 Å². The van der Waals surface area contributed by atoms with E-state index in [1.807, 2.05) is 0 Å². The maximum atomic E-state index is 4.73. The van der Waals surface area contributed by atoms with Crippen LogP contribution >= 0.6 is 11.3 Å². The Balaban J connectivity index is 1.70. The SMILES string of the molecule is CCNC(Cc1cn2ccsc2n1)C1CCCCC1. The van der Waals surface area contributed by atoms with Gasteiger partial charge in [-0.05, 0) is 25.3 Å². The molecule has 0 bridgehead atoms. The first-order valence-electron chi connectivity index (χ1n) is 7.51. The molecule has 1 aliphatic rings. The Morgan fingerprint density at radius 1 is 1.42 bits per heavy atom. The molecule has 4 heteroatoms. The number of hydrogen-bond donors (Lipinski definition) is 1. The highest BCUT2D eigenvalue weighted by molar-refractivity contribution is 7.15. The summed E-state index contributed by atoms with van der Waals surface area (Å²) >= 11 is 1.72. The third-order valence-corrected chi connectivity index (χ3v) is 5.03. The van der Waals surface area contributed by atoms with Crippen molar-refractivity contribution in [3.05, 3.63) is 23.5 Å². The molecular weight excluding hydrogens is 254 g/mol. The molecule has 19 heavy (non-hydrogen) atoms. The van der Waals surface area contributed by atoms with E-state index in [0.717, 1.165) is 23.8 Å². The van der Waals surface area contributed by atoms with E-state index >= 15 is 0 Å². The molecule has 2 heterocycles. The number of aromatic nitrogens is 2. The van der Waals surface area contributed by atoms with Gasteiger partial charge >= 0.3 is 0 Å². The monoisotopic (exact) mass is 277 g/mol. The largest absolute Gasteiger partial charge is 0.314 e. The second kappa shape index (κ2) is 6.06. The first-order valence-corrected chi connectivity index (χ1v) is 8.39. The van der Waals surface area contributed by atoms with E-state index < -0.39 is 0 Å². The summed E-state index contributed by atoms with van der Waals surface area (Å²) in [4.78, 5) is 5.85. The van der Waals surface area contributed by atoms with Gasteiger partial charge in [-0.3, -0.25) is 4.40 Å². The van der Waals surface area contributed by atoms with E-state index in [1.54, 1.807) is 11.3 Å². The fourth-order valence-corrected chi connectivity index (χ4v) is 4.02. The zero-order chi connectivity index (χ0) is 13.1. The molecular formula is C15H23N3S. The fourth-order valence-electron chi connectivity index (χ4n) is 3.30. The van der Waals surface area contributed by atoms with Crippen LogP contribution in [-0.4, -0.2) is 22.0 Å². The van der Waals surface area contributed by atoms with Crippen LogP contribution in [0, 0.1) is 5.92 Å². The van der Waals surface area contributed by atoms with Gasteiger partial charge in [-0.2, -0.15) is 0 Å². The number of imidazole rings is 1. The van der Waals surface area contributed by atoms with Crippen molar-refractivity contribution in [3.63, 3.8) is 0 Å². The summed E-state index contributed by atoms with van der Waals surface area (Å²) in [6.45, 7) is 3.27. The van der Waals surface area contributed by atoms with Gasteiger partial charge in [-0.15, -0.1) is 11.3 Å². The minimum Gasteiger partial charge on any atom is -0.314 e. The number of thiazole rings is 1. The maximum Gasteiger partial charge on any atom is 0.193 e. The molecule has 1 fully saturated rings. The Bertz CT molecular complexity index is 482. The van der Waals surface area contributed by atoms with Crippen molar-refractivity contribution >= 4 is 16.3 Å². The van der Waals surface area contributed by atoms with Crippen LogP contribution in [0.2, 0.25) is 0 Å². The van der Waals surface area contributed by atoms with Gasteiger partial charge in [0.1, 0.15) is 0 Å². The average molecular weight is 277 g/mol. The number of hydrogen-bond acceptors (Lipinski definition) is 3. The summed E-state index contributed by atoms with van der Waals surface area (Å²) in [5.41, 5.74) is 1.24. The van der Waals surface area contributed by atoms with Gasteiger partial charge in [0.2, 0.25) is 0 Å². The summed E-state index contributed by atoms with van der Waals surface area (Å²) < 4.78 is 2.14. The molecule has 0 saturated heterocycles. The molecule has 2 aromatic heterocycles. The van der Waals surface area contributed by atoms with Gasteiger partial charge in [0, 0.05) is 30.2 Å². The lowest BCUT2D eigenvalue weighted by atomic mass is 9.82. The predicted molar refractivity (Wildman–Crippen MR) is 80.8 cm³/mol. The molecule has 0 aliphatic heterocycles. The van der Waals surface area contributed by atoms with Crippen molar-refractivity contribution in [2.75, 3.05) is 6.54 Å². The van der Waals surface area contributed by atoms with Crippen molar-refractivity contribution in [1.82, 2.24) is 14.7 Å². The van der Waals surface area contributed by atoms with Crippen LogP contribution in [-0.2, 0) is 6.42 Å². The molecule has 0 amide bonds. The summed E-state index contributed by atoms with van der Waals surface area (Å²) in [5.74, 6) is 0.841. The zero-order valence-electron chi connectivity index (χ0n) is 11.6. The van der Waals surface area contributed by atoms with Crippen molar-refractivity contribution in [1.29, 1.82) is 0 Å². The molecule has 3 nitrogen and oxygen atoms in total. The number of likely N-dealkylation sites (N-methyl/N-ethyl adjacent to an activating group) is 1. The first-order chi connectivity index (χ1) is 9.36. The van der Waals surface area contributed by atoms with Crippen LogP contribution < -0.4 is 5.32 Å². The number of fused-ring (bicyclic) bond motifs is 1. The Kier molecular flexibility index (Phi) is 4.18. The van der Waals surface area contributed by atoms with Crippen LogP contribution in [0.25, 0.3) is 4.96 Å². The number of nitrogens with zero attached hydrogens (tertiary/aromatic N) is 2. The topological polar surface area (TPSA) is 29.3 Å². The highest BCUT2D eigenvalue weighted by Gasteiger charge is 2.23. The summed E-state index contributed by atoms with van der Waals surface area (Å²) in [5, 5.41) is 5.78. The molecule has 1 unspecified atom stereocenters. The van der Waals surface area contributed by atoms with Crippen molar-refractivity contribution < 1.29 is 0 Å². The quantitative estimate of drug-likeness (QED) is 0.906. The van der Waals surface area contributed by atoms with E-state index in [2.05, 4.69) is 34.4 Å². The van der Waals surface area contributed by atoms with E-state index in [9.17, 15) is 0 Å². The predicted octanol–water partition coefficient (Wildman–Crippen LogP) is 3.50. The van der Waals surface area contributed by atoms with Crippen molar-refractivity contribution in [3.8, 4) is 0 Å². The molecule has 1 N–H and O–H groups in total. The lowest BCUT2D eigenvalue weighted by molar-refractivity contribution is 0.268. The van der Waals surface area contributed by atoms with Crippen LogP contribution in [0.15, 0.2) is 17.8 Å². The Labute approximate surface area is 119 Å². The number of rotatable bonds is 5. The summed E-state index contributed by atoms with van der Waals surface area (Å²) in [7, 11) is 0. The van der Waals surface area contributed by atoms with Gasteiger partial charge in [0.25, 0.3) is 0 Å². The standard InChI is InChI=1S/C15H23N3S/c1-2-16-14(12-6-4-3-5-7-12)10-13-11-18-8-9-19-15(18)17-13/h8-9,11-12,14,16H,2-7,10H2,1H3. The molecule has 1 aliphatic carbocycles. The smallest absolute Gasteiger partial charge is 0.193 e. The Morgan fingerprint density at radius 2 is 2.26 bits per heavy atom. The van der Waals surface area contributed by atoms with Crippen molar-refractivity contribution in [2.45, 2.75) is 51.5 Å².